The van der Waals surface area contributed by atoms with E-state index in [1.54, 1.807) is 24.3 Å². The first-order chi connectivity index (χ1) is 13.5. The number of nitrogens with one attached hydrogen (secondary N) is 2. The van der Waals surface area contributed by atoms with Crippen molar-refractivity contribution in [3.05, 3.63) is 29.8 Å². The minimum Gasteiger partial charge on any atom is -0.351 e. The summed E-state index contributed by atoms with van der Waals surface area (Å²) in [6.07, 6.45) is 4.55. The SMILES string of the molecule is CC1CCC(N2CC(C(=O)Nc3ccccc3C(=O)NCCN)CC2=O)CC1. The second-order valence-electron chi connectivity index (χ2n) is 7.94. The van der Waals surface area contributed by atoms with E-state index in [-0.39, 0.29) is 36.1 Å². The van der Waals surface area contributed by atoms with Crippen LogP contribution < -0.4 is 16.4 Å². The number of anilines is 1. The molecule has 1 heterocycles. The molecule has 1 unspecified atom stereocenters. The average molecular weight is 386 g/mol. The van der Waals surface area contributed by atoms with E-state index in [2.05, 4.69) is 17.6 Å². The second kappa shape index (κ2) is 9.19. The van der Waals surface area contributed by atoms with Crippen LogP contribution in [0.4, 0.5) is 5.69 Å². The number of carbonyl (C=O) groups is 3. The van der Waals surface area contributed by atoms with Crippen LogP contribution in [0.15, 0.2) is 24.3 Å². The molecule has 2 fully saturated rings. The van der Waals surface area contributed by atoms with Crippen molar-refractivity contribution in [2.75, 3.05) is 25.0 Å². The summed E-state index contributed by atoms with van der Waals surface area (Å²) in [6, 6.07) is 7.14. The van der Waals surface area contributed by atoms with Crippen molar-refractivity contribution in [1.82, 2.24) is 10.2 Å². The molecule has 1 aliphatic carbocycles. The van der Waals surface area contributed by atoms with Crippen LogP contribution in [0.25, 0.3) is 0 Å². The summed E-state index contributed by atoms with van der Waals surface area (Å²) < 4.78 is 0. The summed E-state index contributed by atoms with van der Waals surface area (Å²) in [4.78, 5) is 39.5. The lowest BCUT2D eigenvalue weighted by molar-refractivity contribution is -0.130. The van der Waals surface area contributed by atoms with Crippen LogP contribution in [-0.2, 0) is 9.59 Å². The number of nitrogens with zero attached hydrogens (tertiary/aromatic N) is 1. The Bertz CT molecular complexity index is 728. The number of nitrogens with two attached hydrogens (primary N) is 1. The van der Waals surface area contributed by atoms with Gasteiger partial charge in [0.2, 0.25) is 11.8 Å². The number of likely N-dealkylation sites (tertiary alicyclic amines) is 1. The van der Waals surface area contributed by atoms with Gasteiger partial charge in [0.15, 0.2) is 0 Å². The molecule has 0 spiro atoms. The van der Waals surface area contributed by atoms with Gasteiger partial charge in [0.05, 0.1) is 17.2 Å². The van der Waals surface area contributed by atoms with Gasteiger partial charge in [0, 0.05) is 32.1 Å². The quantitative estimate of drug-likeness (QED) is 0.693. The number of amides is 3. The van der Waals surface area contributed by atoms with E-state index in [1.165, 1.54) is 0 Å². The third-order valence-corrected chi connectivity index (χ3v) is 5.81. The molecule has 2 aliphatic rings. The maximum absolute atomic E-state index is 12.8. The van der Waals surface area contributed by atoms with Crippen molar-refractivity contribution < 1.29 is 14.4 Å². The molecule has 0 aromatic heterocycles. The van der Waals surface area contributed by atoms with Crippen LogP contribution in [0.1, 0.15) is 49.4 Å². The molecule has 1 aliphatic heterocycles. The van der Waals surface area contributed by atoms with Gasteiger partial charge in [-0.2, -0.15) is 0 Å². The highest BCUT2D eigenvalue weighted by atomic mass is 16.2. The van der Waals surface area contributed by atoms with E-state index in [4.69, 9.17) is 5.73 Å². The number of hydrogen-bond donors (Lipinski definition) is 3. The molecule has 3 rings (SSSR count). The van der Waals surface area contributed by atoms with E-state index >= 15 is 0 Å². The van der Waals surface area contributed by atoms with Crippen LogP contribution in [0.3, 0.4) is 0 Å². The number of benzene rings is 1. The highest BCUT2D eigenvalue weighted by molar-refractivity contribution is 6.05. The fraction of sp³-hybridized carbons (Fsp3) is 0.571. The van der Waals surface area contributed by atoms with Gasteiger partial charge >= 0.3 is 0 Å². The highest BCUT2D eigenvalue weighted by Crippen LogP contribution is 2.31. The summed E-state index contributed by atoms with van der Waals surface area (Å²) in [7, 11) is 0. The van der Waals surface area contributed by atoms with Crippen molar-refractivity contribution in [1.29, 1.82) is 0 Å². The Balaban J connectivity index is 1.63. The molecule has 7 nitrogen and oxygen atoms in total. The third-order valence-electron chi connectivity index (χ3n) is 5.81. The van der Waals surface area contributed by atoms with E-state index in [9.17, 15) is 14.4 Å². The number of hydrogen-bond acceptors (Lipinski definition) is 4. The first-order valence-corrected chi connectivity index (χ1v) is 10.2. The van der Waals surface area contributed by atoms with Crippen LogP contribution in [0.2, 0.25) is 0 Å². The summed E-state index contributed by atoms with van der Waals surface area (Å²) in [5, 5.41) is 5.57. The lowest BCUT2D eigenvalue weighted by Crippen LogP contribution is -2.39. The van der Waals surface area contributed by atoms with Crippen LogP contribution >= 0.6 is 0 Å². The Morgan fingerprint density at radius 3 is 2.61 bits per heavy atom. The first kappa shape index (κ1) is 20.3. The number of carbonyl (C=O) groups excluding carboxylic acids is 3. The lowest BCUT2D eigenvalue weighted by Gasteiger charge is -2.33. The zero-order valence-corrected chi connectivity index (χ0v) is 16.4. The maximum Gasteiger partial charge on any atom is 0.253 e. The largest absolute Gasteiger partial charge is 0.351 e. The topological polar surface area (TPSA) is 105 Å². The summed E-state index contributed by atoms with van der Waals surface area (Å²) in [6.45, 7) is 3.43. The molecule has 28 heavy (non-hydrogen) atoms. The zero-order chi connectivity index (χ0) is 20.1. The van der Waals surface area contributed by atoms with E-state index in [0.29, 0.717) is 30.9 Å². The van der Waals surface area contributed by atoms with Gasteiger partial charge in [-0.05, 0) is 43.7 Å². The van der Waals surface area contributed by atoms with Crippen molar-refractivity contribution in [3.63, 3.8) is 0 Å². The maximum atomic E-state index is 12.8. The van der Waals surface area contributed by atoms with Gasteiger partial charge in [0.25, 0.3) is 5.91 Å². The molecule has 152 valence electrons. The van der Waals surface area contributed by atoms with Gasteiger partial charge in [-0.25, -0.2) is 0 Å². The Hall–Kier alpha value is -2.41. The summed E-state index contributed by atoms with van der Waals surface area (Å²) in [5.74, 6) is -0.0865. The molecular weight excluding hydrogens is 356 g/mol. The molecule has 3 amide bonds. The van der Waals surface area contributed by atoms with Crippen molar-refractivity contribution in [2.24, 2.45) is 17.6 Å². The van der Waals surface area contributed by atoms with Crippen molar-refractivity contribution in [2.45, 2.75) is 45.1 Å². The highest BCUT2D eigenvalue weighted by Gasteiger charge is 2.38. The minimum absolute atomic E-state index is 0.0636. The third kappa shape index (κ3) is 4.70. The number of para-hydroxylation sites is 1. The fourth-order valence-electron chi connectivity index (χ4n) is 4.12. The predicted octanol–water partition coefficient (Wildman–Crippen LogP) is 1.74. The lowest BCUT2D eigenvalue weighted by atomic mass is 9.87. The molecule has 1 aromatic rings. The van der Waals surface area contributed by atoms with Gasteiger partial charge in [-0.1, -0.05) is 19.1 Å². The van der Waals surface area contributed by atoms with Crippen LogP contribution in [0, 0.1) is 11.8 Å². The first-order valence-electron chi connectivity index (χ1n) is 10.2. The molecule has 1 saturated heterocycles. The number of rotatable bonds is 6. The Morgan fingerprint density at radius 1 is 1.18 bits per heavy atom. The Morgan fingerprint density at radius 2 is 1.89 bits per heavy atom. The van der Waals surface area contributed by atoms with Gasteiger partial charge in [0.1, 0.15) is 0 Å². The van der Waals surface area contributed by atoms with Crippen molar-refractivity contribution >= 4 is 23.4 Å². The smallest absolute Gasteiger partial charge is 0.253 e. The van der Waals surface area contributed by atoms with Crippen LogP contribution in [0.5, 0.6) is 0 Å². The van der Waals surface area contributed by atoms with Crippen molar-refractivity contribution in [3.8, 4) is 0 Å². The molecule has 1 aromatic carbocycles. The van der Waals surface area contributed by atoms with E-state index in [0.717, 1.165) is 31.6 Å². The molecule has 1 saturated carbocycles. The minimum atomic E-state index is -0.382. The van der Waals surface area contributed by atoms with Crippen LogP contribution in [-0.4, -0.2) is 48.3 Å². The normalized spacial score (nSPS) is 24.9. The summed E-state index contributed by atoms with van der Waals surface area (Å²) in [5.41, 5.74) is 6.28. The standard InChI is InChI=1S/C21H30N4O3/c1-14-6-8-16(9-7-14)25-13-15(12-19(25)26)20(27)24-18-5-3-2-4-17(18)21(28)23-11-10-22/h2-5,14-16H,6-13,22H2,1H3,(H,23,28)(H,24,27). The average Bonchev–Trinajstić information content (AvgIpc) is 3.09. The molecule has 0 bridgehead atoms. The molecular formula is C21H30N4O3. The monoisotopic (exact) mass is 386 g/mol. The molecule has 1 atom stereocenters. The zero-order valence-electron chi connectivity index (χ0n) is 16.4. The molecule has 0 radical (unpaired) electrons. The van der Waals surface area contributed by atoms with E-state index in [1.807, 2.05) is 4.90 Å². The fourth-order valence-corrected chi connectivity index (χ4v) is 4.12. The molecule has 7 heteroatoms. The Kier molecular flexibility index (Phi) is 6.67. The van der Waals surface area contributed by atoms with Gasteiger partial charge in [-0.15, -0.1) is 0 Å². The summed E-state index contributed by atoms with van der Waals surface area (Å²) >= 11 is 0. The predicted molar refractivity (Wildman–Crippen MR) is 108 cm³/mol. The van der Waals surface area contributed by atoms with Gasteiger partial charge < -0.3 is 21.3 Å². The second-order valence-corrected chi connectivity index (χ2v) is 7.94. The Labute approximate surface area is 166 Å². The van der Waals surface area contributed by atoms with E-state index < -0.39 is 0 Å². The van der Waals surface area contributed by atoms with Gasteiger partial charge in [-0.3, -0.25) is 14.4 Å². The molecule has 4 N–H and O–H groups in total.